The minimum absolute atomic E-state index is 0.246. The molecule has 1 heterocycles. The van der Waals surface area contributed by atoms with Crippen molar-refractivity contribution in [2.24, 2.45) is 0 Å². The van der Waals surface area contributed by atoms with E-state index in [-0.39, 0.29) is 5.15 Å². The van der Waals surface area contributed by atoms with Gasteiger partial charge in [0.15, 0.2) is 6.29 Å². The van der Waals surface area contributed by atoms with Gasteiger partial charge in [-0.25, -0.2) is 4.98 Å². The van der Waals surface area contributed by atoms with Gasteiger partial charge in [-0.15, -0.1) is 0 Å². The van der Waals surface area contributed by atoms with Crippen molar-refractivity contribution >= 4 is 17.9 Å². The molecule has 0 radical (unpaired) electrons. The second-order valence-corrected chi connectivity index (χ2v) is 3.85. The normalized spacial score (nSPS) is 10.1. The molecule has 0 N–H and O–H groups in total. The Hall–Kier alpha value is -1.67. The molecule has 3 heteroatoms. The van der Waals surface area contributed by atoms with Gasteiger partial charge < -0.3 is 0 Å². The molecular weight excluding hydrogens is 222 g/mol. The minimum atomic E-state index is 0.246. The van der Waals surface area contributed by atoms with Crippen LogP contribution in [-0.4, -0.2) is 11.3 Å². The minimum Gasteiger partial charge on any atom is -0.298 e. The van der Waals surface area contributed by atoms with Crippen molar-refractivity contribution in [3.63, 3.8) is 0 Å². The third-order valence-electron chi connectivity index (χ3n) is 2.49. The van der Waals surface area contributed by atoms with Crippen molar-refractivity contribution in [1.29, 1.82) is 0 Å². The lowest BCUT2D eigenvalue weighted by atomic mass is 9.98. The van der Waals surface area contributed by atoms with E-state index in [0.29, 0.717) is 5.56 Å². The van der Waals surface area contributed by atoms with E-state index in [0.717, 1.165) is 23.0 Å². The molecule has 0 bridgehead atoms. The first-order chi connectivity index (χ1) is 7.74. The summed E-state index contributed by atoms with van der Waals surface area (Å²) in [6.45, 7) is 2.00. The number of pyridine rings is 1. The molecule has 0 amide bonds. The molecule has 0 aliphatic heterocycles. The van der Waals surface area contributed by atoms with Gasteiger partial charge in [0.25, 0.3) is 0 Å². The highest BCUT2D eigenvalue weighted by molar-refractivity contribution is 6.32. The van der Waals surface area contributed by atoms with Crippen LogP contribution in [0.1, 0.15) is 15.9 Å². The number of carbonyl (C=O) groups is 1. The van der Waals surface area contributed by atoms with Crippen molar-refractivity contribution in [2.45, 2.75) is 6.92 Å². The summed E-state index contributed by atoms with van der Waals surface area (Å²) in [6.07, 6.45) is 2.36. The summed E-state index contributed by atoms with van der Waals surface area (Å²) in [5, 5.41) is 0.246. The molecule has 1 aromatic carbocycles. The zero-order chi connectivity index (χ0) is 11.5. The lowest BCUT2D eigenvalue weighted by Gasteiger charge is -2.08. The Morgan fingerprint density at radius 2 is 1.94 bits per heavy atom. The van der Waals surface area contributed by atoms with Crippen LogP contribution in [-0.2, 0) is 0 Å². The van der Waals surface area contributed by atoms with Gasteiger partial charge in [-0.2, -0.15) is 0 Å². The van der Waals surface area contributed by atoms with Crippen molar-refractivity contribution in [1.82, 2.24) is 4.98 Å². The quantitative estimate of drug-likeness (QED) is 0.585. The largest absolute Gasteiger partial charge is 0.298 e. The van der Waals surface area contributed by atoms with E-state index in [1.807, 2.05) is 31.2 Å². The topological polar surface area (TPSA) is 30.0 Å². The highest BCUT2D eigenvalue weighted by Gasteiger charge is 2.10. The second kappa shape index (κ2) is 4.45. The number of aryl methyl sites for hydroxylation is 1. The molecule has 0 aliphatic rings. The van der Waals surface area contributed by atoms with Crippen LogP contribution in [0.2, 0.25) is 5.15 Å². The molecule has 2 nitrogen and oxygen atoms in total. The summed E-state index contributed by atoms with van der Waals surface area (Å²) in [5.41, 5.74) is 3.38. The second-order valence-electron chi connectivity index (χ2n) is 3.50. The molecule has 1 aromatic heterocycles. The van der Waals surface area contributed by atoms with E-state index in [1.165, 1.54) is 0 Å². The fourth-order valence-corrected chi connectivity index (χ4v) is 1.87. The summed E-state index contributed by atoms with van der Waals surface area (Å²) in [7, 11) is 0. The van der Waals surface area contributed by atoms with E-state index >= 15 is 0 Å². The maximum atomic E-state index is 11.0. The van der Waals surface area contributed by atoms with E-state index in [4.69, 9.17) is 11.6 Å². The van der Waals surface area contributed by atoms with Crippen LogP contribution in [0.5, 0.6) is 0 Å². The summed E-state index contributed by atoms with van der Waals surface area (Å²) in [6, 6.07) is 9.66. The van der Waals surface area contributed by atoms with Crippen LogP contribution < -0.4 is 0 Å². The number of benzene rings is 1. The van der Waals surface area contributed by atoms with Gasteiger partial charge in [-0.3, -0.25) is 4.79 Å². The summed E-state index contributed by atoms with van der Waals surface area (Å²) >= 11 is 5.89. The summed E-state index contributed by atoms with van der Waals surface area (Å²) in [4.78, 5) is 14.9. The average Bonchev–Trinajstić information content (AvgIpc) is 2.29. The van der Waals surface area contributed by atoms with E-state index in [9.17, 15) is 4.79 Å². The molecule has 0 saturated heterocycles. The number of halogens is 1. The van der Waals surface area contributed by atoms with Gasteiger partial charge in [0.2, 0.25) is 0 Å². The van der Waals surface area contributed by atoms with Crippen LogP contribution in [0.15, 0.2) is 36.5 Å². The first-order valence-electron chi connectivity index (χ1n) is 4.89. The lowest BCUT2D eigenvalue weighted by molar-refractivity contribution is 0.112. The number of carbonyl (C=O) groups excluding carboxylic acids is 1. The Morgan fingerprint density at radius 3 is 2.62 bits per heavy atom. The zero-order valence-electron chi connectivity index (χ0n) is 8.77. The van der Waals surface area contributed by atoms with Crippen molar-refractivity contribution < 1.29 is 4.79 Å². The first kappa shape index (κ1) is 10.8. The van der Waals surface area contributed by atoms with Crippen LogP contribution in [0.4, 0.5) is 0 Å². The highest BCUT2D eigenvalue weighted by atomic mass is 35.5. The number of nitrogens with zero attached hydrogens (tertiary/aromatic N) is 1. The molecule has 2 rings (SSSR count). The van der Waals surface area contributed by atoms with Gasteiger partial charge in [0, 0.05) is 6.20 Å². The zero-order valence-corrected chi connectivity index (χ0v) is 9.53. The van der Waals surface area contributed by atoms with Gasteiger partial charge in [-0.1, -0.05) is 35.9 Å². The molecule has 0 saturated carbocycles. The molecule has 0 atom stereocenters. The third-order valence-corrected chi connectivity index (χ3v) is 2.80. The average molecular weight is 232 g/mol. The molecule has 0 fully saturated rings. The predicted molar refractivity (Wildman–Crippen MR) is 64.8 cm³/mol. The van der Waals surface area contributed by atoms with Crippen LogP contribution in [0.25, 0.3) is 11.1 Å². The Balaban J connectivity index is 2.69. The standard InChI is InChI=1S/C13H10ClNO/c1-9-4-2-3-5-10(9)11-6-7-15-13(14)12(11)8-16/h2-8H,1H3. The van der Waals surface area contributed by atoms with Gasteiger partial charge in [0.1, 0.15) is 5.15 Å². The van der Waals surface area contributed by atoms with Gasteiger partial charge in [-0.05, 0) is 29.7 Å². The smallest absolute Gasteiger partial charge is 0.153 e. The lowest BCUT2D eigenvalue weighted by Crippen LogP contribution is -1.93. The molecule has 0 spiro atoms. The fourth-order valence-electron chi connectivity index (χ4n) is 1.67. The Morgan fingerprint density at radius 1 is 1.19 bits per heavy atom. The summed E-state index contributed by atoms with van der Waals surface area (Å²) in [5.74, 6) is 0. The first-order valence-corrected chi connectivity index (χ1v) is 5.27. The number of hydrogen-bond acceptors (Lipinski definition) is 2. The van der Waals surface area contributed by atoms with Crippen molar-refractivity contribution in [3.05, 3.63) is 52.8 Å². The van der Waals surface area contributed by atoms with Gasteiger partial charge >= 0.3 is 0 Å². The van der Waals surface area contributed by atoms with Crippen LogP contribution >= 0.6 is 11.6 Å². The predicted octanol–water partition coefficient (Wildman–Crippen LogP) is 3.52. The molecule has 80 valence electrons. The summed E-state index contributed by atoms with van der Waals surface area (Å²) < 4.78 is 0. The van der Waals surface area contributed by atoms with E-state index < -0.39 is 0 Å². The maximum absolute atomic E-state index is 11.0. The highest BCUT2D eigenvalue weighted by Crippen LogP contribution is 2.28. The molecule has 2 aromatic rings. The number of aldehydes is 1. The molecular formula is C13H10ClNO. The molecule has 16 heavy (non-hydrogen) atoms. The number of aromatic nitrogens is 1. The van der Waals surface area contributed by atoms with Crippen molar-refractivity contribution in [2.75, 3.05) is 0 Å². The van der Waals surface area contributed by atoms with Crippen molar-refractivity contribution in [3.8, 4) is 11.1 Å². The Bertz CT molecular complexity index is 537. The van der Waals surface area contributed by atoms with E-state index in [1.54, 1.807) is 12.3 Å². The monoisotopic (exact) mass is 231 g/mol. The SMILES string of the molecule is Cc1ccccc1-c1ccnc(Cl)c1C=O. The fraction of sp³-hybridized carbons (Fsp3) is 0.0769. The van der Waals surface area contributed by atoms with Gasteiger partial charge in [0.05, 0.1) is 5.56 Å². The maximum Gasteiger partial charge on any atom is 0.153 e. The van der Waals surface area contributed by atoms with E-state index in [2.05, 4.69) is 4.98 Å². The molecule has 0 aliphatic carbocycles. The third kappa shape index (κ3) is 1.84. The number of hydrogen-bond donors (Lipinski definition) is 0. The van der Waals surface area contributed by atoms with Crippen LogP contribution in [0.3, 0.4) is 0 Å². The van der Waals surface area contributed by atoms with Crippen LogP contribution in [0, 0.1) is 6.92 Å². The Kier molecular flexibility index (Phi) is 3.02. The number of rotatable bonds is 2. The molecule has 0 unspecified atom stereocenters. The Labute approximate surface area is 98.9 Å².